The third kappa shape index (κ3) is 2.21. The standard InChI is InChI=1S/C11H15BrN2OS/c1-2-15-11(5-3-4-6-11)10-13-7-8(12)9(16)14-10/h7H,2-6H2,1H3,(H,13,14,16). The normalized spacial score (nSPS) is 18.9. The van der Waals surface area contributed by atoms with E-state index >= 15 is 0 Å². The highest BCUT2D eigenvalue weighted by molar-refractivity contribution is 9.10. The molecular weight excluding hydrogens is 288 g/mol. The lowest BCUT2D eigenvalue weighted by Crippen LogP contribution is -2.28. The number of H-pyrrole nitrogens is 1. The van der Waals surface area contributed by atoms with Crippen molar-refractivity contribution in [3.8, 4) is 0 Å². The summed E-state index contributed by atoms with van der Waals surface area (Å²) in [5.41, 5.74) is -0.233. The van der Waals surface area contributed by atoms with Gasteiger partial charge in [0.25, 0.3) is 0 Å². The first kappa shape index (κ1) is 12.2. The zero-order chi connectivity index (χ0) is 11.6. The van der Waals surface area contributed by atoms with Crippen LogP contribution in [-0.4, -0.2) is 16.6 Å². The molecule has 5 heteroatoms. The van der Waals surface area contributed by atoms with E-state index in [2.05, 4.69) is 25.9 Å². The van der Waals surface area contributed by atoms with Crippen molar-refractivity contribution < 1.29 is 4.74 Å². The average molecular weight is 303 g/mol. The Kier molecular flexibility index (Phi) is 3.77. The number of aromatic amines is 1. The molecule has 1 N–H and O–H groups in total. The third-order valence-electron chi connectivity index (χ3n) is 3.02. The summed E-state index contributed by atoms with van der Waals surface area (Å²) >= 11 is 8.57. The molecule has 1 aromatic heterocycles. The van der Waals surface area contributed by atoms with Gasteiger partial charge in [-0.15, -0.1) is 0 Å². The molecule has 0 radical (unpaired) electrons. The molecule has 0 aliphatic heterocycles. The van der Waals surface area contributed by atoms with E-state index in [4.69, 9.17) is 17.0 Å². The fraction of sp³-hybridized carbons (Fsp3) is 0.636. The summed E-state index contributed by atoms with van der Waals surface area (Å²) in [4.78, 5) is 7.59. The van der Waals surface area contributed by atoms with Crippen LogP contribution in [0.1, 0.15) is 38.4 Å². The minimum atomic E-state index is -0.233. The van der Waals surface area contributed by atoms with Gasteiger partial charge in [0.05, 0.1) is 4.47 Å². The lowest BCUT2D eigenvalue weighted by Gasteiger charge is -2.27. The Balaban J connectivity index is 2.39. The van der Waals surface area contributed by atoms with E-state index in [1.54, 1.807) is 6.20 Å². The van der Waals surface area contributed by atoms with Crippen LogP contribution in [0.3, 0.4) is 0 Å². The summed E-state index contributed by atoms with van der Waals surface area (Å²) < 4.78 is 7.44. The van der Waals surface area contributed by atoms with Gasteiger partial charge in [0.1, 0.15) is 16.1 Å². The molecule has 1 heterocycles. The van der Waals surface area contributed by atoms with Gasteiger partial charge in [-0.3, -0.25) is 0 Å². The molecule has 3 nitrogen and oxygen atoms in total. The largest absolute Gasteiger partial charge is 0.367 e. The predicted molar refractivity (Wildman–Crippen MR) is 68.9 cm³/mol. The molecular formula is C11H15BrN2OS. The van der Waals surface area contributed by atoms with E-state index in [0.717, 1.165) is 23.1 Å². The van der Waals surface area contributed by atoms with Crippen LogP contribution in [0.5, 0.6) is 0 Å². The molecule has 16 heavy (non-hydrogen) atoms. The van der Waals surface area contributed by atoms with E-state index in [0.29, 0.717) is 11.2 Å². The minimum absolute atomic E-state index is 0.233. The maximum absolute atomic E-state index is 5.92. The summed E-state index contributed by atoms with van der Waals surface area (Å²) in [5.74, 6) is 0.875. The quantitative estimate of drug-likeness (QED) is 0.865. The topological polar surface area (TPSA) is 37.9 Å². The number of rotatable bonds is 3. The van der Waals surface area contributed by atoms with E-state index in [-0.39, 0.29) is 5.60 Å². The predicted octanol–water partition coefficient (Wildman–Crippen LogP) is 3.71. The van der Waals surface area contributed by atoms with Crippen LogP contribution in [0.2, 0.25) is 0 Å². The summed E-state index contributed by atoms with van der Waals surface area (Å²) in [6, 6.07) is 0. The van der Waals surface area contributed by atoms with Gasteiger partial charge in [0, 0.05) is 12.8 Å². The van der Waals surface area contributed by atoms with Gasteiger partial charge in [-0.2, -0.15) is 0 Å². The molecule has 0 amide bonds. The zero-order valence-corrected chi connectivity index (χ0v) is 11.7. The lowest BCUT2D eigenvalue weighted by atomic mass is 10.0. The smallest absolute Gasteiger partial charge is 0.139 e. The lowest BCUT2D eigenvalue weighted by molar-refractivity contribution is -0.0458. The van der Waals surface area contributed by atoms with Crippen molar-refractivity contribution >= 4 is 28.1 Å². The molecule has 1 aliphatic carbocycles. The number of nitrogens with zero attached hydrogens (tertiary/aromatic N) is 1. The zero-order valence-electron chi connectivity index (χ0n) is 9.25. The first-order chi connectivity index (χ1) is 7.68. The van der Waals surface area contributed by atoms with Crippen molar-refractivity contribution in [2.45, 2.75) is 38.2 Å². The molecule has 1 aromatic rings. The van der Waals surface area contributed by atoms with E-state index in [1.165, 1.54) is 12.8 Å². The molecule has 1 aliphatic rings. The highest BCUT2D eigenvalue weighted by Crippen LogP contribution is 2.40. The van der Waals surface area contributed by atoms with Gasteiger partial charge in [-0.25, -0.2) is 4.98 Å². The van der Waals surface area contributed by atoms with Crippen molar-refractivity contribution in [1.82, 2.24) is 9.97 Å². The van der Waals surface area contributed by atoms with Gasteiger partial charge in [-0.1, -0.05) is 12.2 Å². The second-order valence-corrected chi connectivity index (χ2v) is 5.31. The molecule has 0 unspecified atom stereocenters. The number of aromatic nitrogens is 2. The Morgan fingerprint density at radius 2 is 2.25 bits per heavy atom. The average Bonchev–Trinajstić information content (AvgIpc) is 2.72. The molecule has 0 aromatic carbocycles. The molecule has 1 fully saturated rings. The van der Waals surface area contributed by atoms with Crippen molar-refractivity contribution in [3.63, 3.8) is 0 Å². The Morgan fingerprint density at radius 1 is 1.56 bits per heavy atom. The second-order valence-electron chi connectivity index (χ2n) is 4.04. The maximum atomic E-state index is 5.92. The summed E-state index contributed by atoms with van der Waals surface area (Å²) in [6.45, 7) is 2.73. The fourth-order valence-corrected chi connectivity index (χ4v) is 2.63. The van der Waals surface area contributed by atoms with Crippen LogP contribution in [0, 0.1) is 4.64 Å². The first-order valence-corrected chi connectivity index (χ1v) is 6.77. The molecule has 0 saturated heterocycles. The highest BCUT2D eigenvalue weighted by Gasteiger charge is 2.38. The van der Waals surface area contributed by atoms with Gasteiger partial charge >= 0.3 is 0 Å². The summed E-state index contributed by atoms with van der Waals surface area (Å²) in [7, 11) is 0. The number of hydrogen-bond acceptors (Lipinski definition) is 3. The molecule has 0 bridgehead atoms. The Bertz CT molecular complexity index is 426. The minimum Gasteiger partial charge on any atom is -0.367 e. The number of ether oxygens (including phenoxy) is 1. The summed E-state index contributed by atoms with van der Waals surface area (Å²) in [5, 5.41) is 0. The van der Waals surface area contributed by atoms with Gasteiger partial charge < -0.3 is 9.72 Å². The molecule has 0 atom stereocenters. The highest BCUT2D eigenvalue weighted by atomic mass is 79.9. The Hall–Kier alpha value is -0.260. The van der Waals surface area contributed by atoms with Gasteiger partial charge in [-0.05, 0) is 48.5 Å². The van der Waals surface area contributed by atoms with Crippen molar-refractivity contribution in [2.24, 2.45) is 0 Å². The van der Waals surface area contributed by atoms with Crippen LogP contribution in [0.4, 0.5) is 0 Å². The Labute approximate surface area is 109 Å². The van der Waals surface area contributed by atoms with E-state index in [1.807, 2.05) is 6.92 Å². The van der Waals surface area contributed by atoms with Gasteiger partial charge in [0.2, 0.25) is 0 Å². The van der Waals surface area contributed by atoms with Crippen LogP contribution >= 0.6 is 28.1 Å². The number of halogens is 1. The van der Waals surface area contributed by atoms with Crippen LogP contribution in [0.25, 0.3) is 0 Å². The Morgan fingerprint density at radius 3 is 2.81 bits per heavy atom. The molecule has 1 saturated carbocycles. The van der Waals surface area contributed by atoms with Gasteiger partial charge in [0.15, 0.2) is 0 Å². The third-order valence-corrected chi connectivity index (χ3v) is 4.20. The van der Waals surface area contributed by atoms with Crippen LogP contribution in [-0.2, 0) is 10.3 Å². The van der Waals surface area contributed by atoms with Crippen molar-refractivity contribution in [1.29, 1.82) is 0 Å². The SMILES string of the molecule is CCOC1(c2ncc(Br)c(=S)[nH]2)CCCC1. The summed E-state index contributed by atoms with van der Waals surface area (Å²) in [6.07, 6.45) is 6.20. The molecule has 0 spiro atoms. The fourth-order valence-electron chi connectivity index (χ4n) is 2.28. The van der Waals surface area contributed by atoms with E-state index < -0.39 is 0 Å². The number of nitrogens with one attached hydrogen (secondary N) is 1. The van der Waals surface area contributed by atoms with Crippen molar-refractivity contribution in [3.05, 3.63) is 21.1 Å². The second kappa shape index (κ2) is 4.94. The van der Waals surface area contributed by atoms with Crippen LogP contribution in [0.15, 0.2) is 10.7 Å². The van der Waals surface area contributed by atoms with Crippen molar-refractivity contribution in [2.75, 3.05) is 6.61 Å². The molecule has 88 valence electrons. The number of hydrogen-bond donors (Lipinski definition) is 1. The first-order valence-electron chi connectivity index (χ1n) is 5.57. The van der Waals surface area contributed by atoms with Crippen LogP contribution < -0.4 is 0 Å². The van der Waals surface area contributed by atoms with E-state index in [9.17, 15) is 0 Å². The maximum Gasteiger partial charge on any atom is 0.139 e. The molecule has 2 rings (SSSR count). The monoisotopic (exact) mass is 302 g/mol.